The van der Waals surface area contributed by atoms with Gasteiger partial charge in [0.1, 0.15) is 11.2 Å². The SMILES string of the molecule is C=C(/C=C1/C=CC(c2ccccc2)=CC1=O)C1=c2cccc/c2=C(C(=O)c2cc3c(cc2-c2cc4ccccc4s2)oc2ccccc23)/C=C/CCC=C1. The van der Waals surface area contributed by atoms with Crippen LogP contribution < -0.4 is 10.4 Å². The number of carbonyl (C=O) groups excluding carboxylic acids is 2. The number of para-hydroxylation sites is 1. The second-order valence-corrected chi connectivity index (χ2v) is 14.6. The number of thiophene rings is 1. The summed E-state index contributed by atoms with van der Waals surface area (Å²) < 4.78 is 7.50. The number of carbonyl (C=O) groups is 2. The van der Waals surface area contributed by atoms with Gasteiger partial charge in [-0.25, -0.2) is 0 Å². The van der Waals surface area contributed by atoms with Crippen molar-refractivity contribution in [2.24, 2.45) is 0 Å². The van der Waals surface area contributed by atoms with E-state index >= 15 is 4.79 Å². The van der Waals surface area contributed by atoms with E-state index in [1.54, 1.807) is 17.4 Å². The van der Waals surface area contributed by atoms with Gasteiger partial charge in [-0.3, -0.25) is 9.59 Å². The molecule has 0 saturated heterocycles. The van der Waals surface area contributed by atoms with E-state index in [4.69, 9.17) is 4.42 Å². The van der Waals surface area contributed by atoms with E-state index in [1.165, 1.54) is 0 Å². The molecule has 3 nitrogen and oxygen atoms in total. The maximum atomic E-state index is 15.3. The van der Waals surface area contributed by atoms with Crippen molar-refractivity contribution >= 4 is 71.6 Å². The van der Waals surface area contributed by atoms with Gasteiger partial charge in [0.25, 0.3) is 0 Å². The lowest BCUT2D eigenvalue weighted by molar-refractivity contribution is -0.111. The van der Waals surface area contributed by atoms with Crippen LogP contribution >= 0.6 is 11.3 Å². The maximum Gasteiger partial charge on any atom is 0.194 e. The summed E-state index contributed by atoms with van der Waals surface area (Å²) in [5.41, 5.74) is 7.56. The number of fused-ring (bicyclic) bond motifs is 5. The van der Waals surface area contributed by atoms with Gasteiger partial charge in [0.05, 0.1) is 0 Å². The molecule has 0 spiro atoms. The minimum atomic E-state index is -0.0739. The molecule has 2 aliphatic carbocycles. The van der Waals surface area contributed by atoms with Crippen molar-refractivity contribution in [2.45, 2.75) is 12.8 Å². The van der Waals surface area contributed by atoms with E-state index in [0.29, 0.717) is 22.3 Å². The number of furan rings is 1. The molecule has 0 N–H and O–H groups in total. The van der Waals surface area contributed by atoms with Crippen molar-refractivity contribution in [3.8, 4) is 10.4 Å². The van der Waals surface area contributed by atoms with Crippen LogP contribution in [0.25, 0.3) is 59.2 Å². The Morgan fingerprint density at radius 2 is 1.39 bits per heavy atom. The van der Waals surface area contributed by atoms with E-state index in [1.807, 2.05) is 127 Å². The molecule has 2 aromatic heterocycles. The summed E-state index contributed by atoms with van der Waals surface area (Å²) in [6, 6.07) is 40.4. The number of rotatable bonds is 6. The number of Topliss-reactive ketones (excluding diaryl/α,β-unsaturated/α-hetero) is 1. The van der Waals surface area contributed by atoms with Crippen LogP contribution in [0.15, 0.2) is 192 Å². The van der Waals surface area contributed by atoms with Crippen LogP contribution in [0, 0.1) is 0 Å². The predicted molar refractivity (Wildman–Crippen MR) is 225 cm³/mol. The Kier molecular flexibility index (Phi) is 8.66. The predicted octanol–water partition coefficient (Wildman–Crippen LogP) is 11.3. The van der Waals surface area contributed by atoms with E-state index in [9.17, 15) is 4.79 Å². The van der Waals surface area contributed by atoms with Crippen LogP contribution in [0.5, 0.6) is 0 Å². The Balaban J connectivity index is 1.23. The van der Waals surface area contributed by atoms with Crippen molar-refractivity contribution in [1.82, 2.24) is 0 Å². The first-order chi connectivity index (χ1) is 26.5. The van der Waals surface area contributed by atoms with Crippen molar-refractivity contribution in [3.05, 3.63) is 209 Å². The summed E-state index contributed by atoms with van der Waals surface area (Å²) >= 11 is 1.67. The zero-order valence-electron chi connectivity index (χ0n) is 29.4. The first-order valence-corrected chi connectivity index (χ1v) is 18.9. The molecule has 4 heteroatoms. The van der Waals surface area contributed by atoms with Crippen LogP contribution in [0.2, 0.25) is 0 Å². The lowest BCUT2D eigenvalue weighted by Crippen LogP contribution is -2.31. The van der Waals surface area contributed by atoms with Crippen molar-refractivity contribution < 1.29 is 14.0 Å². The summed E-state index contributed by atoms with van der Waals surface area (Å²) in [6.07, 6.45) is 17.2. The number of ketones is 2. The zero-order valence-corrected chi connectivity index (χ0v) is 30.2. The van der Waals surface area contributed by atoms with E-state index in [0.717, 1.165) is 82.5 Å². The Hall–Kier alpha value is -6.62. The minimum Gasteiger partial charge on any atom is -0.456 e. The summed E-state index contributed by atoms with van der Waals surface area (Å²) in [5.74, 6) is -0.147. The normalized spacial score (nSPS) is 16.9. The Labute approximate surface area is 316 Å². The number of hydrogen-bond donors (Lipinski definition) is 0. The summed E-state index contributed by atoms with van der Waals surface area (Å²) in [5, 5.41) is 4.68. The van der Waals surface area contributed by atoms with Crippen molar-refractivity contribution in [2.75, 3.05) is 0 Å². The third-order valence-electron chi connectivity index (χ3n) is 10.1. The quantitative estimate of drug-likeness (QED) is 0.127. The highest BCUT2D eigenvalue weighted by Crippen LogP contribution is 2.40. The third-order valence-corrected chi connectivity index (χ3v) is 11.2. The average molecular weight is 715 g/mol. The van der Waals surface area contributed by atoms with Crippen LogP contribution in [-0.2, 0) is 4.79 Å². The molecule has 54 heavy (non-hydrogen) atoms. The molecule has 0 amide bonds. The second-order valence-electron chi connectivity index (χ2n) is 13.5. The van der Waals surface area contributed by atoms with Gasteiger partial charge in [0, 0.05) is 42.6 Å². The van der Waals surface area contributed by atoms with Gasteiger partial charge in [-0.15, -0.1) is 11.3 Å². The van der Waals surface area contributed by atoms with Gasteiger partial charge in [0.2, 0.25) is 0 Å². The first-order valence-electron chi connectivity index (χ1n) is 18.1. The van der Waals surface area contributed by atoms with Crippen LogP contribution in [-0.4, -0.2) is 11.6 Å². The number of allylic oxidation sites excluding steroid dienone is 11. The third kappa shape index (κ3) is 6.17. The zero-order chi connectivity index (χ0) is 36.6. The van der Waals surface area contributed by atoms with Crippen LogP contribution in [0.3, 0.4) is 0 Å². The van der Waals surface area contributed by atoms with Gasteiger partial charge >= 0.3 is 0 Å². The van der Waals surface area contributed by atoms with Crippen molar-refractivity contribution in [3.63, 3.8) is 0 Å². The first kappa shape index (κ1) is 33.2. The molecule has 2 heterocycles. The molecule has 0 fully saturated rings. The molecule has 258 valence electrons. The van der Waals surface area contributed by atoms with Gasteiger partial charge in [0.15, 0.2) is 11.6 Å². The van der Waals surface area contributed by atoms with Gasteiger partial charge in [-0.1, -0.05) is 134 Å². The van der Waals surface area contributed by atoms with Gasteiger partial charge in [-0.05, 0) is 93.4 Å². The average Bonchev–Trinajstić information content (AvgIpc) is 3.81. The van der Waals surface area contributed by atoms with Crippen molar-refractivity contribution in [1.29, 1.82) is 0 Å². The molecule has 0 aliphatic heterocycles. The summed E-state index contributed by atoms with van der Waals surface area (Å²) in [4.78, 5) is 29.7. The van der Waals surface area contributed by atoms with Crippen LogP contribution in [0.4, 0.5) is 0 Å². The summed E-state index contributed by atoms with van der Waals surface area (Å²) in [6.45, 7) is 4.48. The van der Waals surface area contributed by atoms with E-state index in [2.05, 4.69) is 43.0 Å². The van der Waals surface area contributed by atoms with Gasteiger partial charge in [-0.2, -0.15) is 0 Å². The van der Waals surface area contributed by atoms with Crippen LogP contribution in [0.1, 0.15) is 28.8 Å². The second kappa shape index (κ2) is 14.1. The molecule has 0 unspecified atom stereocenters. The summed E-state index contributed by atoms with van der Waals surface area (Å²) in [7, 11) is 0. The number of hydrogen-bond acceptors (Lipinski definition) is 4. The lowest BCUT2D eigenvalue weighted by Gasteiger charge is -2.12. The highest BCUT2D eigenvalue weighted by molar-refractivity contribution is 7.22. The monoisotopic (exact) mass is 714 g/mol. The molecule has 0 radical (unpaired) electrons. The molecule has 7 aromatic rings. The molecule has 2 aliphatic rings. The molecule has 0 atom stereocenters. The fourth-order valence-corrected chi connectivity index (χ4v) is 8.45. The highest BCUT2D eigenvalue weighted by Gasteiger charge is 2.22. The Morgan fingerprint density at radius 1 is 0.685 bits per heavy atom. The largest absolute Gasteiger partial charge is 0.456 e. The Morgan fingerprint density at radius 3 is 2.19 bits per heavy atom. The molecule has 0 saturated carbocycles. The molecule has 0 bridgehead atoms. The smallest absolute Gasteiger partial charge is 0.194 e. The molecular formula is C50H34O3S. The lowest BCUT2D eigenvalue weighted by atomic mass is 9.90. The van der Waals surface area contributed by atoms with E-state index in [-0.39, 0.29) is 11.6 Å². The maximum absolute atomic E-state index is 15.3. The number of benzene rings is 5. The van der Waals surface area contributed by atoms with Gasteiger partial charge < -0.3 is 4.42 Å². The van der Waals surface area contributed by atoms with E-state index < -0.39 is 0 Å². The molecular weight excluding hydrogens is 681 g/mol. The fraction of sp³-hybridized carbons (Fsp3) is 0.0400. The topological polar surface area (TPSA) is 47.3 Å². The highest BCUT2D eigenvalue weighted by atomic mass is 32.1. The molecule has 5 aromatic carbocycles. The fourth-order valence-electron chi connectivity index (χ4n) is 7.36. The Bertz CT molecular complexity index is 2940. The minimum absolute atomic E-state index is 0.0727. The molecule has 9 rings (SSSR count). The standard InChI is InChI=1S/C50H34O3S/c1-32(27-35-26-25-34(28-45(35)51)33-15-5-4-6-16-33)37-18-7-2-3-8-22-41(39-20-11-10-19-38(37)39)50(52)44-30-42-40-21-12-13-23-46(40)53-47(42)31-43(44)49-29-36-17-9-14-24-48(36)54-49/h4-31H,1-3H2/b18-7?,22-8+,35-27-,38-37?,41-39+.